The molecule has 0 aliphatic carbocycles. The van der Waals surface area contributed by atoms with Crippen molar-refractivity contribution in [3.63, 3.8) is 0 Å². The second kappa shape index (κ2) is 9.87. The third-order valence-corrected chi connectivity index (χ3v) is 6.77. The fourth-order valence-electron chi connectivity index (χ4n) is 2.88. The molecule has 9 heteroatoms. The summed E-state index contributed by atoms with van der Waals surface area (Å²) in [6.45, 7) is 7.91. The minimum Gasteiger partial charge on any atom is -0.504 e. The molecule has 154 valence electrons. The van der Waals surface area contributed by atoms with Crippen LogP contribution >= 0.6 is 7.60 Å². The quantitative estimate of drug-likeness (QED) is 0.562. The van der Waals surface area contributed by atoms with E-state index in [0.29, 0.717) is 16.9 Å². The molecule has 28 heavy (non-hydrogen) atoms. The van der Waals surface area contributed by atoms with Gasteiger partial charge in [0.2, 0.25) is 0 Å². The van der Waals surface area contributed by atoms with E-state index in [9.17, 15) is 9.67 Å². The zero-order valence-electron chi connectivity index (χ0n) is 16.9. The number of hydrogen-bond donors (Lipinski definition) is 2. The zero-order valence-corrected chi connectivity index (χ0v) is 17.8. The highest BCUT2D eigenvalue weighted by atomic mass is 31.2. The Morgan fingerprint density at radius 2 is 1.89 bits per heavy atom. The maximum absolute atomic E-state index is 13.6. The van der Waals surface area contributed by atoms with Gasteiger partial charge in [-0.15, -0.1) is 0 Å². The first-order chi connectivity index (χ1) is 13.4. The summed E-state index contributed by atoms with van der Waals surface area (Å²) in [6, 6.07) is 3.43. The fraction of sp³-hybridized carbons (Fsp3) is 0.474. The molecular weight excluding hydrogens is 381 g/mol. The molecule has 1 aromatic carbocycles. The van der Waals surface area contributed by atoms with Crippen LogP contribution in [0.5, 0.6) is 11.5 Å². The Kier molecular flexibility index (Phi) is 7.80. The zero-order chi connectivity index (χ0) is 20.7. The standard InChI is InChI=1S/C19H28N3O5P/c1-6-26-28(24,27-7-2)18(11-21-16-10-20-12-22-14(16)4)15-8-13(3)19(23)17(9-15)25-5/h8-10,12,18,21,23H,6-7,11H2,1-5H3. The average Bonchev–Trinajstić information content (AvgIpc) is 2.66. The molecule has 0 spiro atoms. The van der Waals surface area contributed by atoms with Gasteiger partial charge in [-0.2, -0.15) is 0 Å². The first kappa shape index (κ1) is 22.1. The molecule has 0 radical (unpaired) electrons. The van der Waals surface area contributed by atoms with E-state index in [4.69, 9.17) is 13.8 Å². The third-order valence-electron chi connectivity index (χ3n) is 4.29. The smallest absolute Gasteiger partial charge is 0.339 e. The Hall–Kier alpha value is -2.15. The van der Waals surface area contributed by atoms with Gasteiger partial charge in [-0.1, -0.05) is 6.07 Å². The second-order valence-electron chi connectivity index (χ2n) is 6.18. The summed E-state index contributed by atoms with van der Waals surface area (Å²) in [4.78, 5) is 8.19. The van der Waals surface area contributed by atoms with Crippen LogP contribution in [0.1, 0.15) is 36.3 Å². The van der Waals surface area contributed by atoms with Crippen molar-refractivity contribution in [3.05, 3.63) is 41.5 Å². The van der Waals surface area contributed by atoms with Crippen molar-refractivity contribution in [1.29, 1.82) is 0 Å². The fourth-order valence-corrected chi connectivity index (χ4v) is 4.87. The Morgan fingerprint density at radius 3 is 2.46 bits per heavy atom. The molecule has 0 aliphatic heterocycles. The van der Waals surface area contributed by atoms with Gasteiger partial charge in [-0.25, -0.2) is 9.97 Å². The molecule has 0 fully saturated rings. The number of aromatic hydroxyl groups is 1. The number of rotatable bonds is 10. The van der Waals surface area contributed by atoms with Crippen LogP contribution in [0.3, 0.4) is 0 Å². The van der Waals surface area contributed by atoms with E-state index < -0.39 is 13.3 Å². The lowest BCUT2D eigenvalue weighted by molar-refractivity contribution is 0.213. The van der Waals surface area contributed by atoms with Gasteiger partial charge in [0.05, 0.1) is 37.9 Å². The number of benzene rings is 1. The van der Waals surface area contributed by atoms with Gasteiger partial charge in [-0.3, -0.25) is 4.57 Å². The van der Waals surface area contributed by atoms with Crippen LogP contribution in [0, 0.1) is 13.8 Å². The van der Waals surface area contributed by atoms with E-state index in [0.717, 1.165) is 11.4 Å². The van der Waals surface area contributed by atoms with E-state index in [1.54, 1.807) is 39.1 Å². The third kappa shape index (κ3) is 5.01. The monoisotopic (exact) mass is 409 g/mol. The second-order valence-corrected chi connectivity index (χ2v) is 8.40. The molecule has 2 aromatic rings. The van der Waals surface area contributed by atoms with Crippen molar-refractivity contribution in [2.75, 3.05) is 32.2 Å². The van der Waals surface area contributed by atoms with Gasteiger partial charge < -0.3 is 24.2 Å². The lowest BCUT2D eigenvalue weighted by atomic mass is 10.1. The first-order valence-electron chi connectivity index (χ1n) is 9.13. The molecule has 8 nitrogen and oxygen atoms in total. The number of phenolic OH excluding ortho intramolecular Hbond substituents is 1. The van der Waals surface area contributed by atoms with E-state index in [-0.39, 0.29) is 25.5 Å². The maximum atomic E-state index is 13.6. The molecule has 0 aliphatic rings. The van der Waals surface area contributed by atoms with Gasteiger partial charge in [0.1, 0.15) is 12.0 Å². The summed E-state index contributed by atoms with van der Waals surface area (Å²) < 4.78 is 30.1. The highest BCUT2D eigenvalue weighted by molar-refractivity contribution is 7.54. The first-order valence-corrected chi connectivity index (χ1v) is 10.7. The molecular formula is C19H28N3O5P. The van der Waals surface area contributed by atoms with Gasteiger partial charge in [0, 0.05) is 6.54 Å². The largest absolute Gasteiger partial charge is 0.504 e. The normalized spacial score (nSPS) is 12.6. The van der Waals surface area contributed by atoms with Crippen LogP contribution in [-0.4, -0.2) is 41.9 Å². The van der Waals surface area contributed by atoms with Gasteiger partial charge in [0.25, 0.3) is 0 Å². The Balaban J connectivity index is 2.48. The molecule has 1 atom stereocenters. The van der Waals surface area contributed by atoms with Crippen LogP contribution in [0.25, 0.3) is 0 Å². The summed E-state index contributed by atoms with van der Waals surface area (Å²) in [5.74, 6) is 0.353. The lowest BCUT2D eigenvalue weighted by Crippen LogP contribution is -2.17. The molecule has 1 aromatic heterocycles. The molecule has 0 amide bonds. The maximum Gasteiger partial charge on any atom is 0.339 e. The van der Waals surface area contributed by atoms with Crippen LogP contribution in [0.4, 0.5) is 5.69 Å². The van der Waals surface area contributed by atoms with Gasteiger partial charge >= 0.3 is 7.60 Å². The van der Waals surface area contributed by atoms with E-state index in [2.05, 4.69) is 15.3 Å². The number of hydrogen-bond acceptors (Lipinski definition) is 8. The Morgan fingerprint density at radius 1 is 1.21 bits per heavy atom. The minimum absolute atomic E-state index is 0.0490. The van der Waals surface area contributed by atoms with Gasteiger partial charge in [0.15, 0.2) is 11.5 Å². The highest BCUT2D eigenvalue weighted by Gasteiger charge is 2.37. The molecule has 1 unspecified atom stereocenters. The number of aryl methyl sites for hydroxylation is 2. The van der Waals surface area contributed by atoms with Crippen molar-refractivity contribution in [2.45, 2.75) is 33.4 Å². The topological polar surface area (TPSA) is 103 Å². The van der Waals surface area contributed by atoms with Crippen molar-refractivity contribution in [3.8, 4) is 11.5 Å². The molecule has 1 heterocycles. The number of ether oxygens (including phenoxy) is 1. The van der Waals surface area contributed by atoms with Gasteiger partial charge in [-0.05, 0) is 44.9 Å². The lowest BCUT2D eigenvalue weighted by Gasteiger charge is -2.28. The molecule has 2 rings (SSSR count). The minimum atomic E-state index is -3.51. The van der Waals surface area contributed by atoms with Crippen molar-refractivity contribution < 1.29 is 23.5 Å². The number of aromatic nitrogens is 2. The van der Waals surface area contributed by atoms with E-state index in [1.807, 2.05) is 6.92 Å². The number of methoxy groups -OCH3 is 1. The van der Waals surface area contributed by atoms with Crippen LogP contribution in [0.15, 0.2) is 24.7 Å². The Labute approximate surface area is 165 Å². The number of phenols is 1. The summed E-state index contributed by atoms with van der Waals surface area (Å²) in [7, 11) is -2.04. The molecule has 2 N–H and O–H groups in total. The summed E-state index contributed by atoms with van der Waals surface area (Å²) in [5.41, 5.74) is 2.17. The van der Waals surface area contributed by atoms with E-state index in [1.165, 1.54) is 13.4 Å². The predicted octanol–water partition coefficient (Wildman–Crippen LogP) is 4.23. The van der Waals surface area contributed by atoms with Crippen LogP contribution in [0.2, 0.25) is 0 Å². The summed E-state index contributed by atoms with van der Waals surface area (Å²) in [5, 5.41) is 13.4. The molecule has 0 saturated heterocycles. The number of nitrogens with zero attached hydrogens (tertiary/aromatic N) is 2. The number of anilines is 1. The van der Waals surface area contributed by atoms with Crippen molar-refractivity contribution >= 4 is 13.3 Å². The molecule has 0 bridgehead atoms. The Bertz CT molecular complexity index is 836. The summed E-state index contributed by atoms with van der Waals surface area (Å²) in [6.07, 6.45) is 3.13. The number of nitrogens with one attached hydrogen (secondary N) is 1. The van der Waals surface area contributed by atoms with Crippen LogP contribution < -0.4 is 10.1 Å². The van der Waals surface area contributed by atoms with Crippen molar-refractivity contribution in [2.24, 2.45) is 0 Å². The van der Waals surface area contributed by atoms with E-state index >= 15 is 0 Å². The predicted molar refractivity (Wildman–Crippen MR) is 108 cm³/mol. The average molecular weight is 409 g/mol. The SMILES string of the molecule is CCOP(=O)(OCC)C(CNc1cncnc1C)c1cc(C)c(O)c(OC)c1. The molecule has 0 saturated carbocycles. The van der Waals surface area contributed by atoms with Crippen molar-refractivity contribution in [1.82, 2.24) is 9.97 Å². The highest BCUT2D eigenvalue weighted by Crippen LogP contribution is 2.61. The van der Waals surface area contributed by atoms with Crippen LogP contribution in [-0.2, 0) is 13.6 Å². The summed E-state index contributed by atoms with van der Waals surface area (Å²) >= 11 is 0.